The molecule has 0 amide bonds. The Kier molecular flexibility index (Phi) is 5.84. The van der Waals surface area contributed by atoms with Gasteiger partial charge in [0.05, 0.1) is 19.3 Å². The number of carbonyl (C=O) groups is 1. The summed E-state index contributed by atoms with van der Waals surface area (Å²) in [5.41, 5.74) is 0.647. The van der Waals surface area contributed by atoms with Crippen molar-refractivity contribution < 1.29 is 19.7 Å². The summed E-state index contributed by atoms with van der Waals surface area (Å²) in [6.45, 7) is 9.79. The third-order valence-electron chi connectivity index (χ3n) is 11.3. The summed E-state index contributed by atoms with van der Waals surface area (Å²) in [6.07, 6.45) is 9.59. The number of hydrogen-bond donors (Lipinski definition) is 2. The van der Waals surface area contributed by atoms with Gasteiger partial charge in [-0.2, -0.15) is 0 Å². The topological polar surface area (TPSA) is 66.8 Å². The van der Waals surface area contributed by atoms with Gasteiger partial charge in [-0.05, 0) is 104 Å². The molecule has 30 heavy (non-hydrogen) atoms. The Balaban J connectivity index is 1.58. The molecular weight excluding hydrogens is 376 g/mol. The molecule has 0 aromatic heterocycles. The van der Waals surface area contributed by atoms with Gasteiger partial charge in [-0.3, -0.25) is 4.79 Å². The average molecular weight is 421 g/mol. The molecule has 4 aliphatic rings. The zero-order chi connectivity index (χ0) is 21.9. The fourth-order valence-corrected chi connectivity index (χ4v) is 9.26. The first-order chi connectivity index (χ1) is 14.1. The molecule has 0 aromatic rings. The Labute approximate surface area is 183 Å². The first kappa shape index (κ1) is 22.6. The summed E-state index contributed by atoms with van der Waals surface area (Å²) in [7, 11) is 1.48. The molecule has 4 saturated carbocycles. The van der Waals surface area contributed by atoms with Gasteiger partial charge in [-0.25, -0.2) is 0 Å². The first-order valence-corrected chi connectivity index (χ1v) is 12.5. The van der Waals surface area contributed by atoms with Crippen molar-refractivity contribution in [3.05, 3.63) is 0 Å². The molecule has 0 aliphatic heterocycles. The summed E-state index contributed by atoms with van der Waals surface area (Å²) in [6, 6.07) is 0. The van der Waals surface area contributed by atoms with E-state index >= 15 is 0 Å². The van der Waals surface area contributed by atoms with Crippen molar-refractivity contribution in [1.29, 1.82) is 0 Å². The molecule has 4 rings (SSSR count). The summed E-state index contributed by atoms with van der Waals surface area (Å²) >= 11 is 0. The van der Waals surface area contributed by atoms with Crippen LogP contribution in [0.1, 0.15) is 91.9 Å². The van der Waals surface area contributed by atoms with Crippen LogP contribution < -0.4 is 0 Å². The fourth-order valence-electron chi connectivity index (χ4n) is 9.26. The van der Waals surface area contributed by atoms with Crippen LogP contribution in [0.4, 0.5) is 0 Å². The van der Waals surface area contributed by atoms with Crippen molar-refractivity contribution in [3.8, 4) is 0 Å². The van der Waals surface area contributed by atoms with Crippen LogP contribution >= 0.6 is 0 Å². The second-order valence-corrected chi connectivity index (χ2v) is 12.2. The van der Waals surface area contributed by atoms with Crippen LogP contribution in [-0.2, 0) is 9.53 Å². The highest BCUT2D eigenvalue weighted by Gasteiger charge is 2.67. The molecule has 4 nitrogen and oxygen atoms in total. The lowest BCUT2D eigenvalue weighted by Gasteiger charge is -2.68. The number of esters is 1. The SMILES string of the molecule is COC(=O)CC[C@@H](C)[C@H]1CC[C@H]2[C@@H]3[C@@H](O)CC4C[C@H](O)CC[C@]4(C)[C@@]3(C)CC[C@]12C. The predicted octanol–water partition coefficient (Wildman–Crippen LogP) is 4.96. The van der Waals surface area contributed by atoms with Crippen LogP contribution in [-0.4, -0.2) is 35.5 Å². The van der Waals surface area contributed by atoms with Crippen molar-refractivity contribution in [3.63, 3.8) is 0 Å². The van der Waals surface area contributed by atoms with Gasteiger partial charge in [-0.1, -0.05) is 27.7 Å². The highest BCUT2D eigenvalue weighted by Crippen LogP contribution is 2.73. The molecule has 0 radical (unpaired) electrons. The van der Waals surface area contributed by atoms with Gasteiger partial charge in [0.15, 0.2) is 0 Å². The number of ether oxygens (including phenoxy) is 1. The molecule has 4 fully saturated rings. The highest BCUT2D eigenvalue weighted by atomic mass is 16.5. The van der Waals surface area contributed by atoms with Crippen LogP contribution in [0.5, 0.6) is 0 Å². The Morgan fingerprint density at radius 2 is 1.77 bits per heavy atom. The molecule has 0 spiro atoms. The normalized spacial score (nSPS) is 51.4. The summed E-state index contributed by atoms with van der Waals surface area (Å²) in [5.74, 6) is 2.42. The van der Waals surface area contributed by atoms with E-state index in [1.165, 1.54) is 32.8 Å². The van der Waals surface area contributed by atoms with Crippen LogP contribution in [0.3, 0.4) is 0 Å². The van der Waals surface area contributed by atoms with Gasteiger partial charge in [0.25, 0.3) is 0 Å². The van der Waals surface area contributed by atoms with Gasteiger partial charge in [0.1, 0.15) is 0 Å². The third kappa shape index (κ3) is 3.18. The number of rotatable bonds is 4. The number of fused-ring (bicyclic) bond motifs is 5. The molecule has 4 aliphatic carbocycles. The number of carbonyl (C=O) groups excluding carboxylic acids is 1. The highest BCUT2D eigenvalue weighted by molar-refractivity contribution is 5.69. The van der Waals surface area contributed by atoms with Crippen molar-refractivity contribution in [2.75, 3.05) is 7.11 Å². The second-order valence-electron chi connectivity index (χ2n) is 12.2. The van der Waals surface area contributed by atoms with Crippen molar-refractivity contribution in [2.45, 2.75) is 104 Å². The molecule has 0 saturated heterocycles. The quantitative estimate of drug-likeness (QED) is 0.631. The van der Waals surface area contributed by atoms with E-state index in [-0.39, 0.29) is 34.4 Å². The predicted molar refractivity (Wildman–Crippen MR) is 118 cm³/mol. The monoisotopic (exact) mass is 420 g/mol. The summed E-state index contributed by atoms with van der Waals surface area (Å²) in [5, 5.41) is 21.8. The molecule has 4 heteroatoms. The van der Waals surface area contributed by atoms with Crippen LogP contribution in [0.25, 0.3) is 0 Å². The van der Waals surface area contributed by atoms with E-state index in [1.807, 2.05) is 0 Å². The van der Waals surface area contributed by atoms with Gasteiger partial charge < -0.3 is 14.9 Å². The summed E-state index contributed by atoms with van der Waals surface area (Å²) in [4.78, 5) is 11.7. The molecule has 172 valence electrons. The maximum atomic E-state index is 11.7. The molecule has 2 N–H and O–H groups in total. The lowest BCUT2D eigenvalue weighted by Crippen LogP contribution is -2.64. The van der Waals surface area contributed by atoms with Crippen molar-refractivity contribution in [1.82, 2.24) is 0 Å². The van der Waals surface area contributed by atoms with E-state index in [9.17, 15) is 15.0 Å². The van der Waals surface area contributed by atoms with E-state index in [2.05, 4.69) is 27.7 Å². The van der Waals surface area contributed by atoms with Gasteiger partial charge in [0.2, 0.25) is 0 Å². The molecular formula is C26H44O4. The van der Waals surface area contributed by atoms with E-state index < -0.39 is 0 Å². The molecule has 10 atom stereocenters. The zero-order valence-corrected chi connectivity index (χ0v) is 19.8. The number of methoxy groups -OCH3 is 1. The zero-order valence-electron chi connectivity index (χ0n) is 19.8. The third-order valence-corrected chi connectivity index (χ3v) is 11.3. The van der Waals surface area contributed by atoms with Crippen molar-refractivity contribution in [2.24, 2.45) is 45.8 Å². The average Bonchev–Trinajstić information content (AvgIpc) is 3.05. The van der Waals surface area contributed by atoms with E-state index in [0.29, 0.717) is 36.0 Å². The molecule has 1 unspecified atom stereocenters. The molecule has 0 aromatic carbocycles. The smallest absolute Gasteiger partial charge is 0.305 e. The Morgan fingerprint density at radius 1 is 1.03 bits per heavy atom. The van der Waals surface area contributed by atoms with Crippen LogP contribution in [0.15, 0.2) is 0 Å². The van der Waals surface area contributed by atoms with Crippen molar-refractivity contribution >= 4 is 5.97 Å². The minimum Gasteiger partial charge on any atom is -0.469 e. The number of aliphatic hydroxyl groups is 2. The minimum absolute atomic E-state index is 0.0982. The number of hydrogen-bond acceptors (Lipinski definition) is 4. The Hall–Kier alpha value is -0.610. The fraction of sp³-hybridized carbons (Fsp3) is 0.962. The Morgan fingerprint density at radius 3 is 2.47 bits per heavy atom. The lowest BCUT2D eigenvalue weighted by atomic mass is 9.37. The second kappa shape index (κ2) is 7.76. The summed E-state index contributed by atoms with van der Waals surface area (Å²) < 4.78 is 4.87. The van der Waals surface area contributed by atoms with Gasteiger partial charge in [0, 0.05) is 6.42 Å². The maximum Gasteiger partial charge on any atom is 0.305 e. The largest absolute Gasteiger partial charge is 0.469 e. The standard InChI is InChI=1S/C26H44O4/c1-16(6-9-22(29)30-5)19-7-8-20-23-21(28)15-17-14-18(27)10-11-25(17,3)26(23,4)13-12-24(19,20)2/h16-21,23,27-28H,6-15H2,1-5H3/t16-,17?,18-,19-,20+,21+,23-,24-,25+,26+/m1/s1. The van der Waals surface area contributed by atoms with Gasteiger partial charge >= 0.3 is 5.97 Å². The van der Waals surface area contributed by atoms with Crippen LogP contribution in [0, 0.1) is 45.8 Å². The first-order valence-electron chi connectivity index (χ1n) is 12.5. The van der Waals surface area contributed by atoms with E-state index in [4.69, 9.17) is 4.74 Å². The molecule has 0 bridgehead atoms. The van der Waals surface area contributed by atoms with Gasteiger partial charge in [-0.15, -0.1) is 0 Å². The lowest BCUT2D eigenvalue weighted by molar-refractivity contribution is -0.224. The molecule has 0 heterocycles. The minimum atomic E-state index is -0.243. The Bertz CT molecular complexity index is 663. The van der Waals surface area contributed by atoms with E-state index in [1.54, 1.807) is 0 Å². The van der Waals surface area contributed by atoms with E-state index in [0.717, 1.165) is 32.1 Å². The number of aliphatic hydroxyl groups excluding tert-OH is 2. The van der Waals surface area contributed by atoms with Crippen LogP contribution in [0.2, 0.25) is 0 Å². The maximum absolute atomic E-state index is 11.7.